The highest BCUT2D eigenvalue weighted by Crippen LogP contribution is 2.16. The number of hydrogen-bond donors (Lipinski definition) is 3. The van der Waals surface area contributed by atoms with Crippen molar-refractivity contribution >= 4 is 0 Å². The second kappa shape index (κ2) is 11.6. The van der Waals surface area contributed by atoms with Crippen molar-refractivity contribution in [3.63, 3.8) is 0 Å². The van der Waals surface area contributed by atoms with E-state index in [9.17, 15) is 22.0 Å². The molecule has 0 fully saturated rings. The Bertz CT molecular complexity index is 341. The number of benzene rings is 1. The minimum atomic E-state index is -3.00. The number of rotatable bonds is 3. The van der Waals surface area contributed by atoms with Gasteiger partial charge in [-0.1, -0.05) is 18.2 Å². The number of aliphatic hydroxyl groups is 1. The van der Waals surface area contributed by atoms with Crippen LogP contribution in [0, 0.1) is 5.82 Å². The van der Waals surface area contributed by atoms with Gasteiger partial charge in [0.25, 0.3) is 6.05 Å². The van der Waals surface area contributed by atoms with Crippen LogP contribution in [0.5, 0.6) is 0 Å². The molecule has 0 bridgehead atoms. The quantitative estimate of drug-likeness (QED) is 0.594. The Labute approximate surface area is 114 Å². The Morgan fingerprint density at radius 2 is 1.65 bits per heavy atom. The van der Waals surface area contributed by atoms with E-state index in [1.807, 2.05) is 0 Å². The van der Waals surface area contributed by atoms with Crippen LogP contribution in [-0.2, 0) is 0 Å². The Morgan fingerprint density at radius 3 is 2.00 bits per heavy atom. The zero-order valence-electron chi connectivity index (χ0n) is 11.0. The van der Waals surface area contributed by atoms with Crippen molar-refractivity contribution in [3.05, 3.63) is 35.6 Å². The van der Waals surface area contributed by atoms with Crippen LogP contribution in [0.4, 0.5) is 22.0 Å². The van der Waals surface area contributed by atoms with Gasteiger partial charge in [0.05, 0.1) is 0 Å². The minimum absolute atomic E-state index is 0.0184. The molecule has 0 aliphatic rings. The molecule has 8 heteroatoms. The Morgan fingerprint density at radius 1 is 1.25 bits per heavy atom. The zero-order valence-corrected chi connectivity index (χ0v) is 11.0. The summed E-state index contributed by atoms with van der Waals surface area (Å²) < 4.78 is 53.8. The molecule has 3 nitrogen and oxygen atoms in total. The van der Waals surface area contributed by atoms with Gasteiger partial charge in [0.15, 0.2) is 0 Å². The summed E-state index contributed by atoms with van der Waals surface area (Å²) in [6.07, 6.45) is 0.390. The topological polar surface area (TPSA) is 72.3 Å². The molecule has 0 heterocycles. The Balaban J connectivity index is 0. The van der Waals surface area contributed by atoms with E-state index < -0.39 is 19.0 Å². The molecule has 0 spiro atoms. The molecule has 1 rings (SSSR count). The van der Waals surface area contributed by atoms with Gasteiger partial charge in [-0.2, -0.15) is 8.78 Å². The molecule has 5 N–H and O–H groups in total. The fourth-order valence-electron chi connectivity index (χ4n) is 1.07. The summed E-state index contributed by atoms with van der Waals surface area (Å²) >= 11 is 0. The fraction of sp³-hybridized carbons (Fsp3) is 0.500. The summed E-state index contributed by atoms with van der Waals surface area (Å²) in [5.74, 6) is -0.307. The van der Waals surface area contributed by atoms with Gasteiger partial charge in [-0.25, -0.2) is 13.2 Å². The van der Waals surface area contributed by atoms with Gasteiger partial charge in [-0.3, -0.25) is 5.73 Å². The molecular weight excluding hydrogens is 283 g/mol. The van der Waals surface area contributed by atoms with Crippen molar-refractivity contribution < 1.29 is 27.1 Å². The highest BCUT2D eigenvalue weighted by Gasteiger charge is 2.09. The standard InChI is InChI=1S/C9H12FNO.C2H5F2N.CH2F2/c10-8-4-2-1-3-7(8)9(11)5-6-12;1-2(3,4)5;2-1-3/h1-4,9,12H,5-6,11H2;5H2,1H3;1H2. The average molecular weight is 302 g/mol. The van der Waals surface area contributed by atoms with Gasteiger partial charge < -0.3 is 10.8 Å². The molecule has 20 heavy (non-hydrogen) atoms. The molecule has 0 amide bonds. The molecule has 1 aromatic rings. The molecule has 0 radical (unpaired) electrons. The summed E-state index contributed by atoms with van der Waals surface area (Å²) in [7, 11) is 0. The third-order valence-corrected chi connectivity index (χ3v) is 1.74. The van der Waals surface area contributed by atoms with E-state index in [2.05, 4.69) is 5.73 Å². The normalized spacial score (nSPS) is 11.7. The van der Waals surface area contributed by atoms with Gasteiger partial charge in [0.2, 0.25) is 6.93 Å². The van der Waals surface area contributed by atoms with E-state index in [0.29, 0.717) is 18.9 Å². The van der Waals surface area contributed by atoms with Crippen LogP contribution in [0.2, 0.25) is 0 Å². The molecule has 0 saturated carbocycles. The minimum Gasteiger partial charge on any atom is -0.396 e. The molecule has 0 saturated heterocycles. The van der Waals surface area contributed by atoms with Gasteiger partial charge >= 0.3 is 0 Å². The number of alkyl halides is 4. The zero-order chi connectivity index (χ0) is 16.2. The molecule has 1 aromatic carbocycles. The molecule has 1 unspecified atom stereocenters. The second-order valence-corrected chi connectivity index (χ2v) is 3.70. The van der Waals surface area contributed by atoms with Gasteiger partial charge in [-0.15, -0.1) is 0 Å². The maximum absolute atomic E-state index is 13.0. The van der Waals surface area contributed by atoms with Crippen molar-refractivity contribution in [2.75, 3.05) is 13.5 Å². The third-order valence-electron chi connectivity index (χ3n) is 1.74. The lowest BCUT2D eigenvalue weighted by Gasteiger charge is -2.10. The van der Waals surface area contributed by atoms with Crippen LogP contribution in [0.15, 0.2) is 24.3 Å². The number of aliphatic hydroxyl groups excluding tert-OH is 1. The molecular formula is C12H19F5N2O. The van der Waals surface area contributed by atoms with E-state index in [1.54, 1.807) is 18.2 Å². The Hall–Kier alpha value is -1.25. The first kappa shape index (κ1) is 21.1. The lowest BCUT2D eigenvalue weighted by Crippen LogP contribution is -2.22. The number of hydrogen-bond acceptors (Lipinski definition) is 3. The van der Waals surface area contributed by atoms with Gasteiger partial charge in [0, 0.05) is 25.1 Å². The monoisotopic (exact) mass is 302 g/mol. The summed E-state index contributed by atoms with van der Waals surface area (Å²) in [4.78, 5) is 0. The second-order valence-electron chi connectivity index (χ2n) is 3.70. The van der Waals surface area contributed by atoms with Gasteiger partial charge in [0.1, 0.15) is 5.82 Å². The average Bonchev–Trinajstić information content (AvgIpc) is 2.28. The van der Waals surface area contributed by atoms with E-state index in [1.165, 1.54) is 6.07 Å². The predicted octanol–water partition coefficient (Wildman–Crippen LogP) is 2.65. The molecule has 0 aromatic heterocycles. The maximum atomic E-state index is 13.0. The predicted molar refractivity (Wildman–Crippen MR) is 66.9 cm³/mol. The highest BCUT2D eigenvalue weighted by atomic mass is 19.3. The van der Waals surface area contributed by atoms with E-state index in [4.69, 9.17) is 10.8 Å². The van der Waals surface area contributed by atoms with Crippen LogP contribution in [0.3, 0.4) is 0 Å². The summed E-state index contributed by atoms with van der Waals surface area (Å²) in [5.41, 5.74) is 10.1. The molecule has 1 atom stereocenters. The van der Waals surface area contributed by atoms with Crippen molar-refractivity contribution in [3.8, 4) is 0 Å². The number of nitrogens with two attached hydrogens (primary N) is 2. The van der Waals surface area contributed by atoms with Crippen LogP contribution in [-0.4, -0.2) is 24.7 Å². The van der Waals surface area contributed by atoms with Gasteiger partial charge in [-0.05, 0) is 12.5 Å². The molecule has 118 valence electrons. The van der Waals surface area contributed by atoms with E-state index in [-0.39, 0.29) is 12.4 Å². The first-order valence-corrected chi connectivity index (χ1v) is 5.56. The van der Waals surface area contributed by atoms with E-state index >= 15 is 0 Å². The lowest BCUT2D eigenvalue weighted by molar-refractivity contribution is 0.0295. The molecule has 0 aliphatic heterocycles. The Kier molecular flexibility index (Phi) is 12.2. The third kappa shape index (κ3) is 14.8. The van der Waals surface area contributed by atoms with E-state index in [0.717, 1.165) is 0 Å². The van der Waals surface area contributed by atoms with Crippen LogP contribution < -0.4 is 11.5 Å². The SMILES string of the molecule is CC(N)(F)F.FCF.NC(CCO)c1ccccc1F. The maximum Gasteiger partial charge on any atom is 0.297 e. The van der Waals surface area contributed by atoms with Crippen molar-refractivity contribution in [1.29, 1.82) is 0 Å². The van der Waals surface area contributed by atoms with Crippen LogP contribution >= 0.6 is 0 Å². The molecule has 0 aliphatic carbocycles. The first-order valence-electron chi connectivity index (χ1n) is 5.56. The van der Waals surface area contributed by atoms with Crippen molar-refractivity contribution in [2.45, 2.75) is 25.4 Å². The van der Waals surface area contributed by atoms with Crippen LogP contribution in [0.25, 0.3) is 0 Å². The van der Waals surface area contributed by atoms with Crippen molar-refractivity contribution in [2.24, 2.45) is 11.5 Å². The summed E-state index contributed by atoms with van der Waals surface area (Å²) in [6, 6.07) is 2.94. The first-order chi connectivity index (χ1) is 9.17. The van der Waals surface area contributed by atoms with Crippen molar-refractivity contribution in [1.82, 2.24) is 0 Å². The number of halogens is 5. The van der Waals surface area contributed by atoms with Crippen LogP contribution in [0.1, 0.15) is 24.9 Å². The fourth-order valence-corrected chi connectivity index (χ4v) is 1.07. The summed E-state index contributed by atoms with van der Waals surface area (Å²) in [6.45, 7) is -1.14. The summed E-state index contributed by atoms with van der Waals surface area (Å²) in [5, 5.41) is 8.59. The highest BCUT2D eigenvalue weighted by molar-refractivity contribution is 5.20. The largest absolute Gasteiger partial charge is 0.396 e. The lowest BCUT2D eigenvalue weighted by atomic mass is 10.0. The smallest absolute Gasteiger partial charge is 0.297 e.